The van der Waals surface area contributed by atoms with E-state index in [9.17, 15) is 9.59 Å². The first-order valence-corrected chi connectivity index (χ1v) is 6.63. The number of hydrogen-bond acceptors (Lipinski definition) is 3. The maximum atomic E-state index is 12.1. The highest BCUT2D eigenvalue weighted by molar-refractivity contribution is 7.10. The number of aryl methyl sites for hydroxylation is 1. The molecule has 100 valence electrons. The normalized spacial score (nSPS) is 12.1. The van der Waals surface area contributed by atoms with Crippen LogP contribution in [0.4, 0.5) is 0 Å². The first-order valence-electron chi connectivity index (χ1n) is 5.75. The van der Waals surface area contributed by atoms with E-state index in [1.54, 1.807) is 29.9 Å². The lowest BCUT2D eigenvalue weighted by atomic mass is 10.1. The third-order valence-corrected chi connectivity index (χ3v) is 3.73. The van der Waals surface area contributed by atoms with Crippen molar-refractivity contribution in [3.63, 3.8) is 0 Å². The Kier molecular flexibility index (Phi) is 4.01. The number of nitrogens with one attached hydrogen (secondary N) is 1. The standard InChI is InChI=1S/C13H14N2O3S/c1-15-6-2-4-10(15)13(18)14-9(8-12(16)17)11-5-3-7-19-11/h2-7,9H,8H2,1H3,(H,14,18)(H,16,17)/t9-/m0/s1. The third-order valence-electron chi connectivity index (χ3n) is 2.75. The molecule has 0 unspecified atom stereocenters. The zero-order valence-electron chi connectivity index (χ0n) is 10.4. The average Bonchev–Trinajstić information content (AvgIpc) is 2.97. The fourth-order valence-electron chi connectivity index (χ4n) is 1.82. The van der Waals surface area contributed by atoms with Crippen LogP contribution in [0.1, 0.15) is 27.8 Å². The van der Waals surface area contributed by atoms with Crippen molar-refractivity contribution in [2.45, 2.75) is 12.5 Å². The Morgan fingerprint density at radius 3 is 2.74 bits per heavy atom. The maximum absolute atomic E-state index is 12.1. The molecule has 2 aromatic heterocycles. The predicted octanol–water partition coefficient (Wildman–Crippen LogP) is 2.03. The van der Waals surface area contributed by atoms with E-state index in [1.165, 1.54) is 11.3 Å². The highest BCUT2D eigenvalue weighted by Crippen LogP contribution is 2.22. The van der Waals surface area contributed by atoms with Crippen LogP contribution in [-0.4, -0.2) is 21.6 Å². The fourth-order valence-corrected chi connectivity index (χ4v) is 2.59. The lowest BCUT2D eigenvalue weighted by Crippen LogP contribution is -2.30. The molecular formula is C13H14N2O3S. The minimum Gasteiger partial charge on any atom is -0.481 e. The van der Waals surface area contributed by atoms with Crippen molar-refractivity contribution in [1.82, 2.24) is 9.88 Å². The van der Waals surface area contributed by atoms with Gasteiger partial charge in [-0.3, -0.25) is 9.59 Å². The topological polar surface area (TPSA) is 71.3 Å². The van der Waals surface area contributed by atoms with Crippen molar-refractivity contribution in [1.29, 1.82) is 0 Å². The van der Waals surface area contributed by atoms with Crippen molar-refractivity contribution in [2.75, 3.05) is 0 Å². The lowest BCUT2D eigenvalue weighted by Gasteiger charge is -2.15. The summed E-state index contributed by atoms with van der Waals surface area (Å²) in [5.74, 6) is -1.21. The third kappa shape index (κ3) is 3.23. The molecule has 1 amide bonds. The molecule has 2 N–H and O–H groups in total. The number of carbonyl (C=O) groups is 2. The molecule has 2 rings (SSSR count). The fraction of sp³-hybridized carbons (Fsp3) is 0.231. The van der Waals surface area contributed by atoms with Gasteiger partial charge in [-0.2, -0.15) is 0 Å². The molecule has 0 bridgehead atoms. The summed E-state index contributed by atoms with van der Waals surface area (Å²) in [6.07, 6.45) is 1.64. The highest BCUT2D eigenvalue weighted by Gasteiger charge is 2.20. The Morgan fingerprint density at radius 2 is 2.21 bits per heavy atom. The summed E-state index contributed by atoms with van der Waals surface area (Å²) in [4.78, 5) is 23.8. The van der Waals surface area contributed by atoms with E-state index < -0.39 is 12.0 Å². The van der Waals surface area contributed by atoms with Gasteiger partial charge in [-0.15, -0.1) is 11.3 Å². The van der Waals surface area contributed by atoms with E-state index in [-0.39, 0.29) is 12.3 Å². The largest absolute Gasteiger partial charge is 0.481 e. The summed E-state index contributed by atoms with van der Waals surface area (Å²) < 4.78 is 1.70. The van der Waals surface area contributed by atoms with Crippen LogP contribution in [0.15, 0.2) is 35.8 Å². The van der Waals surface area contributed by atoms with Gasteiger partial charge in [0.05, 0.1) is 12.5 Å². The van der Waals surface area contributed by atoms with Crippen LogP contribution in [0.2, 0.25) is 0 Å². The number of carboxylic acids is 1. The highest BCUT2D eigenvalue weighted by atomic mass is 32.1. The minimum absolute atomic E-state index is 0.128. The number of aromatic nitrogens is 1. The summed E-state index contributed by atoms with van der Waals surface area (Å²) in [6.45, 7) is 0. The van der Waals surface area contributed by atoms with E-state index in [2.05, 4.69) is 5.32 Å². The Balaban J connectivity index is 2.15. The van der Waals surface area contributed by atoms with Gasteiger partial charge in [0.15, 0.2) is 0 Å². The Labute approximate surface area is 114 Å². The molecule has 0 fully saturated rings. The van der Waals surface area contributed by atoms with E-state index >= 15 is 0 Å². The van der Waals surface area contributed by atoms with Gasteiger partial charge in [0.25, 0.3) is 5.91 Å². The number of thiophene rings is 1. The number of carbonyl (C=O) groups excluding carboxylic acids is 1. The summed E-state index contributed by atoms with van der Waals surface area (Å²) in [6, 6.07) is 6.63. The zero-order chi connectivity index (χ0) is 13.8. The lowest BCUT2D eigenvalue weighted by molar-refractivity contribution is -0.137. The van der Waals surface area contributed by atoms with Crippen LogP contribution in [0.5, 0.6) is 0 Å². The molecule has 0 saturated heterocycles. The monoisotopic (exact) mass is 278 g/mol. The second-order valence-electron chi connectivity index (χ2n) is 4.14. The molecule has 0 aliphatic heterocycles. The number of nitrogens with zero attached hydrogens (tertiary/aromatic N) is 1. The summed E-state index contributed by atoms with van der Waals surface area (Å²) in [7, 11) is 1.77. The maximum Gasteiger partial charge on any atom is 0.305 e. The van der Waals surface area contributed by atoms with Crippen LogP contribution in [0.3, 0.4) is 0 Å². The van der Waals surface area contributed by atoms with Crippen molar-refractivity contribution in [3.05, 3.63) is 46.4 Å². The molecule has 0 spiro atoms. The first kappa shape index (κ1) is 13.4. The minimum atomic E-state index is -0.939. The molecule has 6 heteroatoms. The Morgan fingerprint density at radius 1 is 1.42 bits per heavy atom. The first-order chi connectivity index (χ1) is 9.08. The van der Waals surface area contributed by atoms with Crippen molar-refractivity contribution < 1.29 is 14.7 Å². The number of hydrogen-bond donors (Lipinski definition) is 2. The molecule has 2 heterocycles. The number of amides is 1. The second-order valence-corrected chi connectivity index (χ2v) is 5.12. The zero-order valence-corrected chi connectivity index (χ0v) is 11.2. The Hall–Kier alpha value is -2.08. The molecule has 0 aromatic carbocycles. The van der Waals surface area contributed by atoms with Gasteiger partial charge < -0.3 is 15.0 Å². The number of aliphatic carboxylic acids is 1. The molecule has 0 radical (unpaired) electrons. The van der Waals surface area contributed by atoms with Crippen LogP contribution >= 0.6 is 11.3 Å². The molecule has 0 aliphatic rings. The summed E-state index contributed by atoms with van der Waals surface area (Å²) in [5, 5.41) is 13.6. The van der Waals surface area contributed by atoms with Gasteiger partial charge in [-0.05, 0) is 23.6 Å². The molecule has 19 heavy (non-hydrogen) atoms. The van der Waals surface area contributed by atoms with Crippen LogP contribution in [0, 0.1) is 0 Å². The van der Waals surface area contributed by atoms with Gasteiger partial charge in [-0.1, -0.05) is 6.07 Å². The second kappa shape index (κ2) is 5.71. The molecular weight excluding hydrogens is 264 g/mol. The van der Waals surface area contributed by atoms with Gasteiger partial charge in [0.2, 0.25) is 0 Å². The smallest absolute Gasteiger partial charge is 0.305 e. The molecule has 0 aliphatic carbocycles. The van der Waals surface area contributed by atoms with Gasteiger partial charge in [0, 0.05) is 18.1 Å². The molecule has 1 atom stereocenters. The van der Waals surface area contributed by atoms with Crippen LogP contribution < -0.4 is 5.32 Å². The number of carboxylic acid groups (broad SMARTS) is 1. The number of rotatable bonds is 5. The van der Waals surface area contributed by atoms with E-state index in [0.29, 0.717) is 5.69 Å². The SMILES string of the molecule is Cn1cccc1C(=O)N[C@@H](CC(=O)O)c1cccs1. The van der Waals surface area contributed by atoms with Gasteiger partial charge in [0.1, 0.15) is 5.69 Å². The van der Waals surface area contributed by atoms with Crippen LogP contribution in [-0.2, 0) is 11.8 Å². The van der Waals surface area contributed by atoms with Crippen molar-refractivity contribution >= 4 is 23.2 Å². The van der Waals surface area contributed by atoms with Crippen molar-refractivity contribution in [3.8, 4) is 0 Å². The van der Waals surface area contributed by atoms with E-state index in [4.69, 9.17) is 5.11 Å². The molecule has 2 aromatic rings. The van der Waals surface area contributed by atoms with E-state index in [0.717, 1.165) is 4.88 Å². The predicted molar refractivity (Wildman–Crippen MR) is 72.2 cm³/mol. The summed E-state index contributed by atoms with van der Waals surface area (Å²) >= 11 is 1.43. The summed E-state index contributed by atoms with van der Waals surface area (Å²) in [5.41, 5.74) is 0.506. The molecule has 0 saturated carbocycles. The quantitative estimate of drug-likeness (QED) is 0.879. The van der Waals surface area contributed by atoms with Crippen molar-refractivity contribution in [2.24, 2.45) is 7.05 Å². The van der Waals surface area contributed by atoms with Crippen LogP contribution in [0.25, 0.3) is 0 Å². The average molecular weight is 278 g/mol. The molecule has 5 nitrogen and oxygen atoms in total. The van der Waals surface area contributed by atoms with Gasteiger partial charge >= 0.3 is 5.97 Å². The van der Waals surface area contributed by atoms with E-state index in [1.807, 2.05) is 17.5 Å². The Bertz CT molecular complexity index is 574. The van der Waals surface area contributed by atoms with Gasteiger partial charge in [-0.25, -0.2) is 0 Å².